The molecule has 0 aliphatic carbocycles. The molecule has 6 nitrogen and oxygen atoms in total. The Bertz CT molecular complexity index is 1020. The molecule has 29 heavy (non-hydrogen) atoms. The molecule has 1 heterocycles. The number of carbonyl (C=O) groups is 1. The first-order valence-electron chi connectivity index (χ1n) is 9.37. The number of nitrogens with one attached hydrogen (secondary N) is 1. The first kappa shape index (κ1) is 20.2. The van der Waals surface area contributed by atoms with Crippen LogP contribution in [0.15, 0.2) is 59.7 Å². The largest absolute Gasteiger partial charge is 0.496 e. The lowest BCUT2D eigenvalue weighted by molar-refractivity contribution is -0.136. The van der Waals surface area contributed by atoms with Gasteiger partial charge in [0.05, 0.1) is 26.3 Å². The van der Waals surface area contributed by atoms with Crippen molar-refractivity contribution in [3.8, 4) is 11.4 Å². The first-order chi connectivity index (χ1) is 14.0. The lowest BCUT2D eigenvalue weighted by Gasteiger charge is -2.10. The third-order valence-electron chi connectivity index (χ3n) is 4.78. The van der Waals surface area contributed by atoms with Gasteiger partial charge in [-0.1, -0.05) is 30.3 Å². The molecule has 1 aromatic heterocycles. The predicted octanol–water partition coefficient (Wildman–Crippen LogP) is 3.85. The molecule has 0 aliphatic rings. The zero-order valence-corrected chi connectivity index (χ0v) is 16.8. The maximum absolute atomic E-state index is 10.9. The number of para-hydroxylation sites is 1. The van der Waals surface area contributed by atoms with E-state index in [4.69, 9.17) is 9.84 Å². The summed E-state index contributed by atoms with van der Waals surface area (Å²) in [6.45, 7) is 4.65. The Kier molecular flexibility index (Phi) is 6.34. The molecule has 0 fully saturated rings. The fourth-order valence-corrected chi connectivity index (χ4v) is 3.35. The molecule has 0 bridgehead atoms. The fourth-order valence-electron chi connectivity index (χ4n) is 3.35. The number of hydrogen-bond acceptors (Lipinski definition) is 4. The maximum atomic E-state index is 10.9. The van der Waals surface area contributed by atoms with E-state index in [1.807, 2.05) is 68.6 Å². The Morgan fingerprint density at radius 3 is 2.59 bits per heavy atom. The molecule has 3 aromatic rings. The number of carboxylic acid groups (broad SMARTS) is 1. The number of benzene rings is 2. The van der Waals surface area contributed by atoms with Crippen molar-refractivity contribution in [3.63, 3.8) is 0 Å². The minimum Gasteiger partial charge on any atom is -0.496 e. The van der Waals surface area contributed by atoms with Gasteiger partial charge in [-0.3, -0.25) is 4.79 Å². The van der Waals surface area contributed by atoms with Gasteiger partial charge in [-0.25, -0.2) is 0 Å². The van der Waals surface area contributed by atoms with Crippen LogP contribution in [0.25, 0.3) is 5.69 Å². The molecule has 0 atom stereocenters. The average molecular weight is 391 g/mol. The average Bonchev–Trinajstić information content (AvgIpc) is 2.99. The second-order valence-electron chi connectivity index (χ2n) is 6.80. The van der Waals surface area contributed by atoms with Gasteiger partial charge in [0.1, 0.15) is 5.75 Å². The normalized spacial score (nSPS) is 11.0. The highest BCUT2D eigenvalue weighted by molar-refractivity contribution is 5.82. The number of rotatable bonds is 8. The van der Waals surface area contributed by atoms with Crippen molar-refractivity contribution >= 4 is 12.2 Å². The lowest BCUT2D eigenvalue weighted by Crippen LogP contribution is -2.07. The van der Waals surface area contributed by atoms with Gasteiger partial charge in [0, 0.05) is 28.2 Å². The lowest BCUT2D eigenvalue weighted by atomic mass is 10.1. The van der Waals surface area contributed by atoms with Crippen molar-refractivity contribution in [3.05, 3.63) is 82.7 Å². The molecule has 0 amide bonds. The topological polar surface area (TPSA) is 75.8 Å². The molecule has 0 saturated carbocycles. The highest BCUT2D eigenvalue weighted by atomic mass is 16.5. The van der Waals surface area contributed by atoms with Gasteiger partial charge in [-0.15, -0.1) is 0 Å². The summed E-state index contributed by atoms with van der Waals surface area (Å²) in [6.07, 6.45) is 1.84. The second-order valence-corrected chi connectivity index (χ2v) is 6.80. The Hall–Kier alpha value is -3.54. The van der Waals surface area contributed by atoms with Crippen LogP contribution < -0.4 is 10.2 Å². The van der Waals surface area contributed by atoms with E-state index < -0.39 is 5.97 Å². The third-order valence-corrected chi connectivity index (χ3v) is 4.78. The van der Waals surface area contributed by atoms with E-state index in [-0.39, 0.29) is 6.42 Å². The maximum Gasteiger partial charge on any atom is 0.307 e. The number of hydrogen-bond donors (Lipinski definition) is 2. The minimum absolute atomic E-state index is 0.0275. The van der Waals surface area contributed by atoms with Crippen LogP contribution in [0.1, 0.15) is 28.1 Å². The van der Waals surface area contributed by atoms with E-state index in [1.54, 1.807) is 7.11 Å². The highest BCUT2D eigenvalue weighted by Gasteiger charge is 2.10. The van der Waals surface area contributed by atoms with E-state index in [9.17, 15) is 4.79 Å². The zero-order valence-electron chi connectivity index (χ0n) is 16.8. The summed E-state index contributed by atoms with van der Waals surface area (Å²) in [6, 6.07) is 17.5. The molecular formula is C23H25N3O3. The summed E-state index contributed by atoms with van der Waals surface area (Å²) >= 11 is 0. The number of aliphatic carboxylic acids is 1. The third kappa shape index (κ3) is 4.85. The summed E-state index contributed by atoms with van der Waals surface area (Å²) in [5, 5.41) is 13.3. The molecule has 0 radical (unpaired) electrons. The van der Waals surface area contributed by atoms with Gasteiger partial charge in [-0.05, 0) is 43.7 Å². The summed E-state index contributed by atoms with van der Waals surface area (Å²) in [7, 11) is 1.66. The molecular weight excluding hydrogens is 366 g/mol. The van der Waals surface area contributed by atoms with E-state index in [0.29, 0.717) is 6.54 Å². The first-order valence-corrected chi connectivity index (χ1v) is 9.37. The summed E-state index contributed by atoms with van der Waals surface area (Å²) < 4.78 is 7.48. The zero-order chi connectivity index (χ0) is 20.8. The molecule has 2 aromatic carbocycles. The number of methoxy groups -OCH3 is 1. The van der Waals surface area contributed by atoms with Gasteiger partial charge in [-0.2, -0.15) is 5.10 Å². The Balaban J connectivity index is 1.72. The van der Waals surface area contributed by atoms with E-state index in [2.05, 4.69) is 21.2 Å². The molecule has 0 spiro atoms. The van der Waals surface area contributed by atoms with Gasteiger partial charge in [0.2, 0.25) is 0 Å². The van der Waals surface area contributed by atoms with Gasteiger partial charge >= 0.3 is 5.97 Å². The van der Waals surface area contributed by atoms with Crippen LogP contribution in [0, 0.1) is 13.8 Å². The van der Waals surface area contributed by atoms with Crippen molar-refractivity contribution in [2.24, 2.45) is 5.10 Å². The van der Waals surface area contributed by atoms with Gasteiger partial charge in [0.25, 0.3) is 0 Å². The molecule has 0 aliphatic heterocycles. The fraction of sp³-hybridized carbons (Fsp3) is 0.217. The molecule has 2 N–H and O–H groups in total. The van der Waals surface area contributed by atoms with E-state index >= 15 is 0 Å². The highest BCUT2D eigenvalue weighted by Crippen LogP contribution is 2.21. The van der Waals surface area contributed by atoms with Gasteiger partial charge in [0.15, 0.2) is 0 Å². The quantitative estimate of drug-likeness (QED) is 0.452. The SMILES string of the molecule is COc1ccccc1CN/N=C/c1cc(C)n(-c2ccc(CC(=O)O)cc2)c1C. The Morgan fingerprint density at radius 2 is 1.90 bits per heavy atom. The number of nitrogens with zero attached hydrogens (tertiary/aromatic N) is 2. The summed E-state index contributed by atoms with van der Waals surface area (Å²) in [4.78, 5) is 10.9. The summed E-state index contributed by atoms with van der Waals surface area (Å²) in [5.41, 5.74) is 9.06. The smallest absolute Gasteiger partial charge is 0.307 e. The second kappa shape index (κ2) is 9.10. The minimum atomic E-state index is -0.829. The number of ether oxygens (including phenoxy) is 1. The van der Waals surface area contributed by atoms with Crippen LogP contribution in [-0.2, 0) is 17.8 Å². The standard InChI is InChI=1S/C23H25N3O3/c1-16-12-20(15-25-24-14-19-6-4-5-7-22(19)29-3)17(2)26(16)21-10-8-18(9-11-21)13-23(27)28/h4-12,15,24H,13-14H2,1-3H3,(H,27,28)/b25-15+. The Morgan fingerprint density at radius 1 is 1.17 bits per heavy atom. The predicted molar refractivity (Wildman–Crippen MR) is 114 cm³/mol. The van der Waals surface area contributed by atoms with Crippen molar-refractivity contribution in [2.75, 3.05) is 7.11 Å². The summed E-state index contributed by atoms with van der Waals surface area (Å²) in [5.74, 6) is 0.00455. The molecule has 3 rings (SSSR count). The van der Waals surface area contributed by atoms with Crippen molar-refractivity contribution in [1.82, 2.24) is 9.99 Å². The van der Waals surface area contributed by atoms with Crippen LogP contribution in [0.3, 0.4) is 0 Å². The van der Waals surface area contributed by atoms with Crippen molar-refractivity contribution < 1.29 is 14.6 Å². The van der Waals surface area contributed by atoms with Crippen molar-refractivity contribution in [1.29, 1.82) is 0 Å². The molecule has 150 valence electrons. The number of carboxylic acids is 1. The van der Waals surface area contributed by atoms with Crippen LogP contribution >= 0.6 is 0 Å². The molecule has 0 unspecified atom stereocenters. The number of aromatic nitrogens is 1. The van der Waals surface area contributed by atoms with Crippen molar-refractivity contribution in [2.45, 2.75) is 26.8 Å². The number of hydrazone groups is 1. The van der Waals surface area contributed by atoms with Crippen LogP contribution in [0.4, 0.5) is 0 Å². The Labute approximate surface area is 170 Å². The monoisotopic (exact) mass is 391 g/mol. The van der Waals surface area contributed by atoms with Crippen LogP contribution in [-0.4, -0.2) is 29.0 Å². The van der Waals surface area contributed by atoms with Crippen LogP contribution in [0.5, 0.6) is 5.75 Å². The van der Waals surface area contributed by atoms with E-state index in [0.717, 1.165) is 39.5 Å². The number of aryl methyl sites for hydroxylation is 1. The molecule has 0 saturated heterocycles. The molecule has 6 heteroatoms. The van der Waals surface area contributed by atoms with Gasteiger partial charge < -0.3 is 19.8 Å². The van der Waals surface area contributed by atoms with E-state index in [1.165, 1.54) is 0 Å². The van der Waals surface area contributed by atoms with Crippen LogP contribution in [0.2, 0.25) is 0 Å².